The van der Waals surface area contributed by atoms with Gasteiger partial charge in [-0.15, -0.1) is 0 Å². The van der Waals surface area contributed by atoms with Gasteiger partial charge in [-0.05, 0) is 19.3 Å². The molecule has 2 heterocycles. The van der Waals surface area contributed by atoms with Crippen LogP contribution in [0.2, 0.25) is 0 Å². The molecule has 6 nitrogen and oxygen atoms in total. The molecule has 1 N–H and O–H groups in total. The highest BCUT2D eigenvalue weighted by Crippen LogP contribution is 2.11. The van der Waals surface area contributed by atoms with Crippen LogP contribution in [-0.2, 0) is 6.54 Å². The average molecular weight is 223 g/mol. The molecule has 0 saturated carbocycles. The molecule has 2 rings (SSSR count). The van der Waals surface area contributed by atoms with Crippen LogP contribution in [0.1, 0.15) is 25.1 Å². The van der Waals surface area contributed by atoms with Gasteiger partial charge in [-0.25, -0.2) is 9.78 Å². The Balaban J connectivity index is 1.88. The SMILES string of the molecule is CN(Cc1ncn[nH]1)C(=O)N1CCCCC1. The zero-order valence-electron chi connectivity index (χ0n) is 9.52. The molecule has 2 amide bonds. The lowest BCUT2D eigenvalue weighted by Gasteiger charge is -2.30. The van der Waals surface area contributed by atoms with Gasteiger partial charge in [-0.2, -0.15) is 5.10 Å². The Morgan fingerprint density at radius 1 is 1.50 bits per heavy atom. The van der Waals surface area contributed by atoms with Gasteiger partial charge in [0.25, 0.3) is 0 Å². The van der Waals surface area contributed by atoms with Crippen molar-refractivity contribution in [2.75, 3.05) is 20.1 Å². The third-order valence-corrected chi connectivity index (χ3v) is 2.80. The topological polar surface area (TPSA) is 65.1 Å². The largest absolute Gasteiger partial charge is 0.325 e. The van der Waals surface area contributed by atoms with Crippen molar-refractivity contribution in [3.8, 4) is 0 Å². The van der Waals surface area contributed by atoms with Crippen molar-refractivity contribution in [2.24, 2.45) is 0 Å². The van der Waals surface area contributed by atoms with E-state index in [4.69, 9.17) is 0 Å². The molecule has 0 unspecified atom stereocenters. The van der Waals surface area contributed by atoms with Crippen LogP contribution in [0.5, 0.6) is 0 Å². The standard InChI is InChI=1S/C10H17N5O/c1-14(7-9-11-8-12-13-9)10(16)15-5-3-2-4-6-15/h8H,2-7H2,1H3,(H,11,12,13). The number of aromatic amines is 1. The molecule has 1 aliphatic heterocycles. The fourth-order valence-electron chi connectivity index (χ4n) is 1.93. The average Bonchev–Trinajstić information content (AvgIpc) is 2.82. The Bertz CT molecular complexity index is 331. The fourth-order valence-corrected chi connectivity index (χ4v) is 1.93. The fraction of sp³-hybridized carbons (Fsp3) is 0.700. The van der Waals surface area contributed by atoms with E-state index >= 15 is 0 Å². The number of urea groups is 1. The molecule has 0 atom stereocenters. The number of hydrogen-bond donors (Lipinski definition) is 1. The highest BCUT2D eigenvalue weighted by atomic mass is 16.2. The lowest BCUT2D eigenvalue weighted by Crippen LogP contribution is -2.43. The maximum atomic E-state index is 12.0. The summed E-state index contributed by atoms with van der Waals surface area (Å²) in [5.41, 5.74) is 0. The monoisotopic (exact) mass is 223 g/mol. The zero-order valence-corrected chi connectivity index (χ0v) is 9.52. The van der Waals surface area contributed by atoms with Crippen molar-refractivity contribution in [2.45, 2.75) is 25.8 Å². The maximum absolute atomic E-state index is 12.0. The third kappa shape index (κ3) is 2.50. The second kappa shape index (κ2) is 4.96. The molecule has 0 spiro atoms. The molecular formula is C10H17N5O. The third-order valence-electron chi connectivity index (χ3n) is 2.80. The van der Waals surface area contributed by atoms with E-state index in [1.54, 1.807) is 11.9 Å². The van der Waals surface area contributed by atoms with Gasteiger partial charge in [0.2, 0.25) is 0 Å². The van der Waals surface area contributed by atoms with Crippen LogP contribution in [0.15, 0.2) is 6.33 Å². The van der Waals surface area contributed by atoms with Gasteiger partial charge in [-0.1, -0.05) is 0 Å². The van der Waals surface area contributed by atoms with Gasteiger partial charge >= 0.3 is 6.03 Å². The summed E-state index contributed by atoms with van der Waals surface area (Å²) in [5, 5.41) is 6.51. The first-order valence-electron chi connectivity index (χ1n) is 5.61. The predicted molar refractivity (Wildman–Crippen MR) is 58.7 cm³/mol. The summed E-state index contributed by atoms with van der Waals surface area (Å²) < 4.78 is 0. The summed E-state index contributed by atoms with van der Waals surface area (Å²) in [7, 11) is 1.79. The molecule has 1 aliphatic rings. The molecule has 0 aliphatic carbocycles. The molecule has 6 heteroatoms. The van der Waals surface area contributed by atoms with Crippen molar-refractivity contribution in [1.82, 2.24) is 25.0 Å². The van der Waals surface area contributed by atoms with E-state index in [2.05, 4.69) is 15.2 Å². The zero-order chi connectivity index (χ0) is 11.4. The minimum atomic E-state index is 0.0797. The Morgan fingerprint density at radius 3 is 2.88 bits per heavy atom. The van der Waals surface area contributed by atoms with E-state index in [9.17, 15) is 4.79 Å². The van der Waals surface area contributed by atoms with Crippen LogP contribution in [-0.4, -0.2) is 51.1 Å². The minimum absolute atomic E-state index is 0.0797. The van der Waals surface area contributed by atoms with E-state index in [0.717, 1.165) is 25.9 Å². The number of nitrogens with one attached hydrogen (secondary N) is 1. The molecule has 0 bridgehead atoms. The van der Waals surface area contributed by atoms with E-state index in [1.807, 2.05) is 4.90 Å². The van der Waals surface area contributed by atoms with Crippen molar-refractivity contribution in [3.63, 3.8) is 0 Å². The number of rotatable bonds is 2. The number of H-pyrrole nitrogens is 1. The minimum Gasteiger partial charge on any atom is -0.325 e. The molecule has 0 aromatic carbocycles. The Labute approximate surface area is 94.6 Å². The molecule has 0 radical (unpaired) electrons. The highest BCUT2D eigenvalue weighted by molar-refractivity contribution is 5.74. The first kappa shape index (κ1) is 10.9. The van der Waals surface area contributed by atoms with Gasteiger partial charge in [0, 0.05) is 20.1 Å². The van der Waals surface area contributed by atoms with Gasteiger partial charge in [0.1, 0.15) is 12.2 Å². The lowest BCUT2D eigenvalue weighted by atomic mass is 10.1. The number of aromatic nitrogens is 3. The number of hydrogen-bond acceptors (Lipinski definition) is 3. The number of nitrogens with zero attached hydrogens (tertiary/aromatic N) is 4. The number of likely N-dealkylation sites (tertiary alicyclic amines) is 1. The molecule has 1 fully saturated rings. The molecule has 16 heavy (non-hydrogen) atoms. The molecule has 88 valence electrons. The number of carbonyl (C=O) groups excluding carboxylic acids is 1. The Kier molecular flexibility index (Phi) is 3.38. The number of piperidine rings is 1. The van der Waals surface area contributed by atoms with Gasteiger partial charge in [0.05, 0.1) is 6.54 Å². The van der Waals surface area contributed by atoms with E-state index < -0.39 is 0 Å². The Morgan fingerprint density at radius 2 is 2.25 bits per heavy atom. The number of carbonyl (C=O) groups is 1. The van der Waals surface area contributed by atoms with Crippen LogP contribution in [0.4, 0.5) is 4.79 Å². The van der Waals surface area contributed by atoms with Crippen LogP contribution in [0.3, 0.4) is 0 Å². The summed E-state index contributed by atoms with van der Waals surface area (Å²) in [6.45, 7) is 2.23. The lowest BCUT2D eigenvalue weighted by molar-refractivity contribution is 0.150. The molecule has 1 aromatic rings. The van der Waals surface area contributed by atoms with Crippen molar-refractivity contribution in [1.29, 1.82) is 0 Å². The van der Waals surface area contributed by atoms with Gasteiger partial charge in [0.15, 0.2) is 0 Å². The van der Waals surface area contributed by atoms with Crippen molar-refractivity contribution in [3.05, 3.63) is 12.2 Å². The first-order chi connectivity index (χ1) is 7.77. The first-order valence-corrected chi connectivity index (χ1v) is 5.61. The summed E-state index contributed by atoms with van der Waals surface area (Å²) in [6.07, 6.45) is 4.91. The summed E-state index contributed by atoms with van der Waals surface area (Å²) in [4.78, 5) is 19.6. The quantitative estimate of drug-likeness (QED) is 0.808. The van der Waals surface area contributed by atoms with Crippen molar-refractivity contribution >= 4 is 6.03 Å². The summed E-state index contributed by atoms with van der Waals surface area (Å²) in [6, 6.07) is 0.0797. The highest BCUT2D eigenvalue weighted by Gasteiger charge is 2.20. The van der Waals surface area contributed by atoms with Crippen LogP contribution in [0.25, 0.3) is 0 Å². The molecule has 1 saturated heterocycles. The second-order valence-electron chi connectivity index (χ2n) is 4.12. The van der Waals surface area contributed by atoms with E-state index in [0.29, 0.717) is 12.4 Å². The Hall–Kier alpha value is -1.59. The van der Waals surface area contributed by atoms with Crippen LogP contribution < -0.4 is 0 Å². The predicted octanol–water partition coefficient (Wildman–Crippen LogP) is 0.842. The van der Waals surface area contributed by atoms with Gasteiger partial charge in [-0.3, -0.25) is 5.10 Å². The summed E-state index contributed by atoms with van der Waals surface area (Å²) in [5.74, 6) is 0.716. The smallest absolute Gasteiger partial charge is 0.320 e. The molecule has 1 aromatic heterocycles. The second-order valence-corrected chi connectivity index (χ2v) is 4.12. The summed E-state index contributed by atoms with van der Waals surface area (Å²) >= 11 is 0. The van der Waals surface area contributed by atoms with Crippen LogP contribution in [0, 0.1) is 0 Å². The maximum Gasteiger partial charge on any atom is 0.320 e. The molecular weight excluding hydrogens is 206 g/mol. The number of amides is 2. The van der Waals surface area contributed by atoms with E-state index in [1.165, 1.54) is 12.7 Å². The van der Waals surface area contributed by atoms with Crippen LogP contribution >= 0.6 is 0 Å². The van der Waals surface area contributed by atoms with E-state index in [-0.39, 0.29) is 6.03 Å². The normalized spacial score (nSPS) is 16.2. The van der Waals surface area contributed by atoms with Gasteiger partial charge < -0.3 is 9.80 Å². The van der Waals surface area contributed by atoms with Crippen molar-refractivity contribution < 1.29 is 4.79 Å².